The number of aromatic nitrogens is 2. The Hall–Kier alpha value is -2.01. The van der Waals surface area contributed by atoms with Crippen LogP contribution in [0.4, 0.5) is 5.69 Å². The van der Waals surface area contributed by atoms with Gasteiger partial charge in [0.2, 0.25) is 5.91 Å². The minimum absolute atomic E-state index is 0.0520. The normalized spacial score (nSPS) is 10.6. The van der Waals surface area contributed by atoms with Crippen LogP contribution >= 0.6 is 11.6 Å². The highest BCUT2D eigenvalue weighted by atomic mass is 35.5. The first-order valence-corrected chi connectivity index (χ1v) is 7.42. The first-order chi connectivity index (χ1) is 10.4. The molecule has 0 bridgehead atoms. The quantitative estimate of drug-likeness (QED) is 0.919. The summed E-state index contributed by atoms with van der Waals surface area (Å²) < 4.78 is 6.92. The topological polar surface area (TPSA) is 56.1 Å². The number of anilines is 1. The van der Waals surface area contributed by atoms with Crippen molar-refractivity contribution in [2.75, 3.05) is 12.4 Å². The Balaban J connectivity index is 1.97. The molecule has 6 heteroatoms. The van der Waals surface area contributed by atoms with Crippen molar-refractivity contribution in [2.24, 2.45) is 7.05 Å². The monoisotopic (exact) mass is 321 g/mol. The lowest BCUT2D eigenvalue weighted by atomic mass is 10.1. The molecule has 1 aromatic heterocycles. The lowest BCUT2D eigenvalue weighted by molar-refractivity contribution is -0.116. The molecule has 0 aliphatic heterocycles. The van der Waals surface area contributed by atoms with Gasteiger partial charge in [-0.2, -0.15) is 5.10 Å². The lowest BCUT2D eigenvalue weighted by Gasteiger charge is -2.08. The third kappa shape index (κ3) is 3.60. The zero-order chi connectivity index (χ0) is 16.3. The van der Waals surface area contributed by atoms with Crippen LogP contribution in [0.2, 0.25) is 5.02 Å². The van der Waals surface area contributed by atoms with Gasteiger partial charge < -0.3 is 10.1 Å². The van der Waals surface area contributed by atoms with Crippen molar-refractivity contribution in [3.8, 4) is 5.75 Å². The van der Waals surface area contributed by atoms with E-state index in [2.05, 4.69) is 10.4 Å². The number of nitrogens with one attached hydrogen (secondary N) is 1. The summed E-state index contributed by atoms with van der Waals surface area (Å²) in [5, 5.41) is 7.67. The lowest BCUT2D eigenvalue weighted by Crippen LogP contribution is -2.12. The van der Waals surface area contributed by atoms with Crippen LogP contribution in [-0.4, -0.2) is 22.8 Å². The van der Waals surface area contributed by atoms with Crippen LogP contribution in [0, 0.1) is 13.8 Å². The van der Waals surface area contributed by atoms with Gasteiger partial charge in [-0.1, -0.05) is 11.6 Å². The molecule has 0 fully saturated rings. The molecule has 0 aliphatic rings. The Morgan fingerprint density at radius 2 is 2.14 bits per heavy atom. The van der Waals surface area contributed by atoms with Gasteiger partial charge in [0.15, 0.2) is 0 Å². The van der Waals surface area contributed by atoms with Gasteiger partial charge in [-0.25, -0.2) is 0 Å². The van der Waals surface area contributed by atoms with Crippen molar-refractivity contribution >= 4 is 23.2 Å². The van der Waals surface area contributed by atoms with Gasteiger partial charge in [0, 0.05) is 24.8 Å². The van der Waals surface area contributed by atoms with Crippen molar-refractivity contribution < 1.29 is 9.53 Å². The average molecular weight is 322 g/mol. The predicted octanol–water partition coefficient (Wildman–Crippen LogP) is 3.27. The summed E-state index contributed by atoms with van der Waals surface area (Å²) in [7, 11) is 3.46. The van der Waals surface area contributed by atoms with E-state index in [1.54, 1.807) is 25.3 Å². The molecular weight excluding hydrogens is 302 g/mol. The Morgan fingerprint density at radius 3 is 2.68 bits per heavy atom. The summed E-state index contributed by atoms with van der Waals surface area (Å²) in [6.45, 7) is 3.97. The summed E-state index contributed by atoms with van der Waals surface area (Å²) in [5.41, 5.74) is 3.86. The Labute approximate surface area is 135 Å². The SMILES string of the molecule is COc1ccc(NC(=O)CCc2c(C)nn(C)c2C)cc1Cl. The molecule has 0 saturated heterocycles. The molecular formula is C16H20ClN3O2. The number of rotatable bonds is 5. The molecule has 0 aliphatic carbocycles. The van der Waals surface area contributed by atoms with Crippen molar-refractivity contribution in [3.05, 3.63) is 40.2 Å². The Morgan fingerprint density at radius 1 is 1.41 bits per heavy atom. The number of carbonyl (C=O) groups excluding carboxylic acids is 1. The first kappa shape index (κ1) is 16.4. The third-order valence-electron chi connectivity index (χ3n) is 3.70. The highest BCUT2D eigenvalue weighted by Crippen LogP contribution is 2.27. The van der Waals surface area contributed by atoms with E-state index in [0.717, 1.165) is 17.0 Å². The maximum Gasteiger partial charge on any atom is 0.224 e. The Kier molecular flexibility index (Phi) is 5.08. The summed E-state index contributed by atoms with van der Waals surface area (Å²) in [6.07, 6.45) is 1.07. The zero-order valence-electron chi connectivity index (χ0n) is 13.2. The molecule has 5 nitrogen and oxygen atoms in total. The molecule has 22 heavy (non-hydrogen) atoms. The molecule has 0 unspecified atom stereocenters. The van der Waals surface area contributed by atoms with Crippen LogP contribution < -0.4 is 10.1 Å². The van der Waals surface area contributed by atoms with Crippen LogP contribution in [0.3, 0.4) is 0 Å². The minimum atomic E-state index is -0.0520. The highest BCUT2D eigenvalue weighted by molar-refractivity contribution is 6.32. The van der Waals surface area contributed by atoms with Gasteiger partial charge in [0.1, 0.15) is 5.75 Å². The van der Waals surface area contributed by atoms with E-state index < -0.39 is 0 Å². The molecule has 118 valence electrons. The smallest absolute Gasteiger partial charge is 0.224 e. The average Bonchev–Trinajstić information content (AvgIpc) is 2.70. The van der Waals surface area contributed by atoms with Crippen LogP contribution in [0.15, 0.2) is 18.2 Å². The first-order valence-electron chi connectivity index (χ1n) is 7.05. The van der Waals surface area contributed by atoms with Gasteiger partial charge in [-0.3, -0.25) is 9.48 Å². The van der Waals surface area contributed by atoms with Gasteiger partial charge in [-0.15, -0.1) is 0 Å². The number of halogens is 1. The third-order valence-corrected chi connectivity index (χ3v) is 3.99. The number of ether oxygens (including phenoxy) is 1. The summed E-state index contributed by atoms with van der Waals surface area (Å²) in [6, 6.07) is 5.18. The molecule has 0 radical (unpaired) electrons. The number of amides is 1. The fraction of sp³-hybridized carbons (Fsp3) is 0.375. The molecule has 2 aromatic rings. The van der Waals surface area contributed by atoms with E-state index in [-0.39, 0.29) is 5.91 Å². The number of carbonyl (C=O) groups is 1. The number of benzene rings is 1. The van der Waals surface area contributed by atoms with E-state index in [1.807, 2.05) is 25.6 Å². The molecule has 0 saturated carbocycles. The fourth-order valence-corrected chi connectivity index (χ4v) is 2.64. The van der Waals surface area contributed by atoms with Crippen LogP contribution in [0.25, 0.3) is 0 Å². The van der Waals surface area contributed by atoms with Crippen LogP contribution in [0.1, 0.15) is 23.4 Å². The predicted molar refractivity (Wildman–Crippen MR) is 87.6 cm³/mol. The van der Waals surface area contributed by atoms with Crippen LogP contribution in [-0.2, 0) is 18.3 Å². The number of hydrogen-bond acceptors (Lipinski definition) is 3. The van der Waals surface area contributed by atoms with E-state index in [4.69, 9.17) is 16.3 Å². The molecule has 0 spiro atoms. The molecule has 1 aromatic carbocycles. The van der Waals surface area contributed by atoms with Gasteiger partial charge in [0.05, 0.1) is 17.8 Å². The minimum Gasteiger partial charge on any atom is -0.495 e. The van der Waals surface area contributed by atoms with E-state index in [1.165, 1.54) is 0 Å². The largest absolute Gasteiger partial charge is 0.495 e. The second-order valence-electron chi connectivity index (χ2n) is 5.17. The second kappa shape index (κ2) is 6.83. The summed E-state index contributed by atoms with van der Waals surface area (Å²) >= 11 is 6.04. The van der Waals surface area contributed by atoms with Crippen LogP contribution in [0.5, 0.6) is 5.75 Å². The standard InChI is InChI=1S/C16H20ClN3O2/c1-10-13(11(2)20(3)19-10)6-8-16(21)18-12-5-7-15(22-4)14(17)9-12/h5,7,9H,6,8H2,1-4H3,(H,18,21). The number of nitrogens with zero attached hydrogens (tertiary/aromatic N) is 2. The number of aryl methyl sites for hydroxylation is 2. The zero-order valence-corrected chi connectivity index (χ0v) is 14.0. The fourth-order valence-electron chi connectivity index (χ4n) is 2.39. The molecule has 1 amide bonds. The molecule has 2 rings (SSSR count). The summed E-state index contributed by atoms with van der Waals surface area (Å²) in [5.74, 6) is 0.533. The number of methoxy groups -OCH3 is 1. The van der Waals surface area contributed by atoms with E-state index in [0.29, 0.717) is 29.3 Å². The maximum absolute atomic E-state index is 12.1. The summed E-state index contributed by atoms with van der Waals surface area (Å²) in [4.78, 5) is 12.1. The van der Waals surface area contributed by atoms with Gasteiger partial charge in [-0.05, 0) is 44.0 Å². The molecule has 1 heterocycles. The molecule has 1 N–H and O–H groups in total. The second-order valence-corrected chi connectivity index (χ2v) is 5.58. The van der Waals surface area contributed by atoms with E-state index in [9.17, 15) is 4.79 Å². The van der Waals surface area contributed by atoms with Crippen molar-refractivity contribution in [3.63, 3.8) is 0 Å². The van der Waals surface area contributed by atoms with E-state index >= 15 is 0 Å². The Bertz CT molecular complexity index is 695. The highest BCUT2D eigenvalue weighted by Gasteiger charge is 2.12. The van der Waals surface area contributed by atoms with Crippen molar-refractivity contribution in [2.45, 2.75) is 26.7 Å². The van der Waals surface area contributed by atoms with Gasteiger partial charge >= 0.3 is 0 Å². The van der Waals surface area contributed by atoms with Gasteiger partial charge in [0.25, 0.3) is 0 Å². The molecule has 0 atom stereocenters. The van der Waals surface area contributed by atoms with Crippen molar-refractivity contribution in [1.82, 2.24) is 9.78 Å². The number of hydrogen-bond donors (Lipinski definition) is 1. The van der Waals surface area contributed by atoms with Crippen molar-refractivity contribution in [1.29, 1.82) is 0 Å². The maximum atomic E-state index is 12.1.